The van der Waals surface area contributed by atoms with Gasteiger partial charge in [-0.05, 0) is 51.2 Å². The molecule has 2 N–H and O–H groups in total. The van der Waals surface area contributed by atoms with Crippen LogP contribution in [0.25, 0.3) is 0 Å². The first-order valence-corrected chi connectivity index (χ1v) is 11.0. The zero-order chi connectivity index (χ0) is 22.6. The molecule has 1 saturated heterocycles. The van der Waals surface area contributed by atoms with E-state index in [2.05, 4.69) is 0 Å². The quantitative estimate of drug-likeness (QED) is 0.705. The Balaban J connectivity index is 1.84. The van der Waals surface area contributed by atoms with Crippen LogP contribution in [0.5, 0.6) is 0 Å². The monoisotopic (exact) mass is 432 g/mol. The molecule has 1 aliphatic heterocycles. The first-order chi connectivity index (χ1) is 14.6. The van der Waals surface area contributed by atoms with Gasteiger partial charge in [-0.3, -0.25) is 4.79 Å². The van der Waals surface area contributed by atoms with Crippen LogP contribution in [-0.2, 0) is 19.0 Å². The summed E-state index contributed by atoms with van der Waals surface area (Å²) in [5, 5.41) is 22.1. The third-order valence-electron chi connectivity index (χ3n) is 7.90. The molecule has 3 aliphatic rings. The van der Waals surface area contributed by atoms with Crippen molar-refractivity contribution in [1.82, 2.24) is 0 Å². The molecular formula is C24H32O7. The van der Waals surface area contributed by atoms with Crippen LogP contribution >= 0.6 is 0 Å². The summed E-state index contributed by atoms with van der Waals surface area (Å²) in [4.78, 5) is 25.0. The molecule has 4 rings (SSSR count). The van der Waals surface area contributed by atoms with Crippen LogP contribution < -0.4 is 0 Å². The van der Waals surface area contributed by atoms with Gasteiger partial charge in [-0.15, -0.1) is 0 Å². The van der Waals surface area contributed by atoms with E-state index in [1.807, 2.05) is 26.8 Å². The van der Waals surface area contributed by atoms with Crippen LogP contribution in [-0.4, -0.2) is 58.3 Å². The summed E-state index contributed by atoms with van der Waals surface area (Å²) in [6, 6.07) is 8.66. The number of hydrogen-bond donors (Lipinski definition) is 2. The van der Waals surface area contributed by atoms with Crippen LogP contribution in [0.3, 0.4) is 0 Å². The van der Waals surface area contributed by atoms with Crippen LogP contribution in [0.15, 0.2) is 30.3 Å². The molecule has 7 nitrogen and oxygen atoms in total. The number of fused-ring (bicyclic) bond motifs is 1. The first-order valence-electron chi connectivity index (χ1n) is 11.0. The van der Waals surface area contributed by atoms with Crippen molar-refractivity contribution in [3.05, 3.63) is 35.9 Å². The van der Waals surface area contributed by atoms with Gasteiger partial charge in [0.1, 0.15) is 17.8 Å². The van der Waals surface area contributed by atoms with Crippen LogP contribution in [0.1, 0.15) is 57.3 Å². The SMILES string of the molecule is CC(=O)O[C@H]1[C@H]2C[C@@H](OC(=O)c3ccccc3)[C@]3(CO)[C@H](O)CC[C@H](C)[C@@]13OC2(C)C. The summed E-state index contributed by atoms with van der Waals surface area (Å²) < 4.78 is 18.5. The second kappa shape index (κ2) is 7.57. The van der Waals surface area contributed by atoms with Crippen LogP contribution in [0.4, 0.5) is 0 Å². The van der Waals surface area contributed by atoms with E-state index in [1.54, 1.807) is 24.3 Å². The second-order valence-electron chi connectivity index (χ2n) is 9.82. The fourth-order valence-electron chi connectivity index (χ4n) is 6.49. The van der Waals surface area contributed by atoms with E-state index in [4.69, 9.17) is 14.2 Å². The van der Waals surface area contributed by atoms with Gasteiger partial charge in [0.25, 0.3) is 0 Å². The fraction of sp³-hybridized carbons (Fsp3) is 0.667. The Morgan fingerprint density at radius 1 is 1.16 bits per heavy atom. The van der Waals surface area contributed by atoms with Gasteiger partial charge >= 0.3 is 11.9 Å². The molecule has 1 aromatic rings. The highest BCUT2D eigenvalue weighted by molar-refractivity contribution is 5.89. The van der Waals surface area contributed by atoms with Gasteiger partial charge < -0.3 is 24.4 Å². The summed E-state index contributed by atoms with van der Waals surface area (Å²) in [6.07, 6.45) is -1.02. The molecule has 0 radical (unpaired) electrons. The van der Waals surface area contributed by atoms with E-state index < -0.39 is 53.5 Å². The number of aliphatic hydroxyl groups is 2. The van der Waals surface area contributed by atoms with Crippen molar-refractivity contribution in [1.29, 1.82) is 0 Å². The maximum atomic E-state index is 13.0. The number of aliphatic hydroxyl groups excluding tert-OH is 2. The lowest BCUT2D eigenvalue weighted by Crippen LogP contribution is -2.75. The molecule has 2 saturated carbocycles. The van der Waals surface area contributed by atoms with E-state index in [-0.39, 0.29) is 11.8 Å². The van der Waals surface area contributed by atoms with Gasteiger partial charge in [-0.25, -0.2) is 4.79 Å². The minimum atomic E-state index is -1.31. The fourth-order valence-corrected chi connectivity index (χ4v) is 6.49. The maximum absolute atomic E-state index is 13.0. The molecule has 31 heavy (non-hydrogen) atoms. The van der Waals surface area contributed by atoms with E-state index in [0.717, 1.165) is 0 Å². The summed E-state index contributed by atoms with van der Waals surface area (Å²) >= 11 is 0. The second-order valence-corrected chi connectivity index (χ2v) is 9.82. The predicted molar refractivity (Wildman–Crippen MR) is 111 cm³/mol. The third-order valence-corrected chi connectivity index (χ3v) is 7.90. The van der Waals surface area contributed by atoms with Gasteiger partial charge in [0.05, 0.1) is 29.3 Å². The highest BCUT2D eigenvalue weighted by atomic mass is 16.6. The predicted octanol–water partition coefficient (Wildman–Crippen LogP) is 2.48. The normalized spacial score (nSPS) is 40.6. The van der Waals surface area contributed by atoms with Crippen molar-refractivity contribution in [2.45, 2.75) is 76.5 Å². The molecule has 7 heteroatoms. The summed E-state index contributed by atoms with van der Waals surface area (Å²) in [6.45, 7) is 6.76. The van der Waals surface area contributed by atoms with Gasteiger partial charge in [0.2, 0.25) is 0 Å². The van der Waals surface area contributed by atoms with Crippen molar-refractivity contribution in [3.63, 3.8) is 0 Å². The Morgan fingerprint density at radius 3 is 2.45 bits per heavy atom. The summed E-state index contributed by atoms with van der Waals surface area (Å²) in [5.74, 6) is -1.33. The molecule has 0 aromatic heterocycles. The largest absolute Gasteiger partial charge is 0.459 e. The number of benzene rings is 1. The van der Waals surface area contributed by atoms with E-state index in [1.165, 1.54) is 6.92 Å². The van der Waals surface area contributed by atoms with Crippen molar-refractivity contribution in [2.24, 2.45) is 17.3 Å². The number of ether oxygens (including phenoxy) is 3. The average molecular weight is 433 g/mol. The summed E-state index contributed by atoms with van der Waals surface area (Å²) in [7, 11) is 0. The standard InChI is InChI=1S/C24H32O7/c1-14-10-11-18(27)23(13-25)19(30-21(28)16-8-6-5-7-9-16)12-17-20(29-15(2)26)24(14,23)31-22(17,3)4/h5-9,14,17-20,25,27H,10-13H2,1-4H3/t14-,17+,18+,19+,20-,23-,24+/m0/s1. The van der Waals surface area contributed by atoms with Crippen molar-refractivity contribution in [3.8, 4) is 0 Å². The lowest BCUT2D eigenvalue weighted by molar-refractivity contribution is -0.299. The Labute approximate surface area is 182 Å². The van der Waals surface area contributed by atoms with Crippen molar-refractivity contribution < 1.29 is 34.0 Å². The minimum Gasteiger partial charge on any atom is -0.459 e. The van der Waals surface area contributed by atoms with Gasteiger partial charge in [-0.2, -0.15) is 0 Å². The van der Waals surface area contributed by atoms with Gasteiger partial charge in [0.15, 0.2) is 0 Å². The zero-order valence-electron chi connectivity index (χ0n) is 18.5. The zero-order valence-corrected chi connectivity index (χ0v) is 18.5. The molecule has 0 unspecified atom stereocenters. The maximum Gasteiger partial charge on any atom is 0.338 e. The first kappa shape index (κ1) is 22.2. The highest BCUT2D eigenvalue weighted by Crippen LogP contribution is 2.67. The molecule has 2 aliphatic carbocycles. The molecule has 3 fully saturated rings. The molecule has 170 valence electrons. The number of hydrogen-bond acceptors (Lipinski definition) is 7. The number of esters is 2. The molecule has 2 bridgehead atoms. The molecule has 1 heterocycles. The topological polar surface area (TPSA) is 102 Å². The van der Waals surface area contributed by atoms with E-state index >= 15 is 0 Å². The Kier molecular flexibility index (Phi) is 5.43. The van der Waals surface area contributed by atoms with E-state index in [0.29, 0.717) is 24.8 Å². The number of carbonyl (C=O) groups excluding carboxylic acids is 2. The van der Waals surface area contributed by atoms with Crippen molar-refractivity contribution in [2.75, 3.05) is 6.61 Å². The Hall–Kier alpha value is -1.96. The Morgan fingerprint density at radius 2 is 1.84 bits per heavy atom. The molecule has 1 spiro atoms. The molecular weight excluding hydrogens is 400 g/mol. The summed E-state index contributed by atoms with van der Waals surface area (Å²) in [5.41, 5.74) is -2.77. The van der Waals surface area contributed by atoms with Crippen LogP contribution in [0, 0.1) is 17.3 Å². The van der Waals surface area contributed by atoms with Gasteiger partial charge in [0, 0.05) is 12.8 Å². The van der Waals surface area contributed by atoms with Crippen LogP contribution in [0.2, 0.25) is 0 Å². The molecule has 1 aromatic carbocycles. The number of rotatable bonds is 4. The highest BCUT2D eigenvalue weighted by Gasteiger charge is 2.79. The molecule has 0 amide bonds. The lowest BCUT2D eigenvalue weighted by atomic mass is 9.48. The minimum absolute atomic E-state index is 0.130. The van der Waals surface area contributed by atoms with Gasteiger partial charge in [-0.1, -0.05) is 25.1 Å². The smallest absolute Gasteiger partial charge is 0.338 e. The lowest BCUT2D eigenvalue weighted by Gasteiger charge is -2.61. The number of carbonyl (C=O) groups is 2. The molecule has 7 atom stereocenters. The van der Waals surface area contributed by atoms with Crippen molar-refractivity contribution >= 4 is 11.9 Å². The Bertz CT molecular complexity index is 853. The average Bonchev–Trinajstić information content (AvgIpc) is 2.88. The third kappa shape index (κ3) is 3.04. The van der Waals surface area contributed by atoms with E-state index in [9.17, 15) is 19.8 Å².